The van der Waals surface area contributed by atoms with Crippen molar-refractivity contribution in [3.05, 3.63) is 0 Å². The highest BCUT2D eigenvalue weighted by molar-refractivity contribution is 7.47. The van der Waals surface area contributed by atoms with Crippen molar-refractivity contribution >= 4 is 39.5 Å². The fourth-order valence-electron chi connectivity index (χ4n) is 11.0. The molecule has 546 valence electrons. The van der Waals surface area contributed by atoms with Crippen LogP contribution in [0.1, 0.15) is 370 Å². The quantitative estimate of drug-likeness (QED) is 0.0222. The summed E-state index contributed by atoms with van der Waals surface area (Å²) in [6.45, 7) is 11.9. The van der Waals surface area contributed by atoms with Crippen molar-refractivity contribution in [3.8, 4) is 0 Å². The Balaban J connectivity index is 5.25. The van der Waals surface area contributed by atoms with E-state index in [0.29, 0.717) is 25.7 Å². The topological polar surface area (TPSA) is 237 Å². The van der Waals surface area contributed by atoms with Crippen LogP contribution in [0, 0.1) is 17.8 Å². The first-order chi connectivity index (χ1) is 44.3. The molecule has 0 radical (unpaired) electrons. The second kappa shape index (κ2) is 63.8. The minimum atomic E-state index is -4.96. The van der Waals surface area contributed by atoms with Gasteiger partial charge in [0.05, 0.1) is 26.4 Å². The van der Waals surface area contributed by atoms with Gasteiger partial charge in [-0.15, -0.1) is 0 Å². The van der Waals surface area contributed by atoms with Gasteiger partial charge in [0.25, 0.3) is 0 Å². The van der Waals surface area contributed by atoms with Crippen LogP contribution >= 0.6 is 15.6 Å². The second-order valence-corrected chi connectivity index (χ2v) is 30.4. The lowest BCUT2D eigenvalue weighted by Gasteiger charge is -2.21. The van der Waals surface area contributed by atoms with Crippen LogP contribution in [0.5, 0.6) is 0 Å². The minimum Gasteiger partial charge on any atom is -0.462 e. The number of aliphatic hydroxyl groups is 1. The number of ether oxygens (including phenoxy) is 4. The molecule has 0 saturated heterocycles. The molecule has 19 heteroatoms. The first-order valence-electron chi connectivity index (χ1n) is 37.9. The Kier molecular flexibility index (Phi) is 62.4. The summed E-state index contributed by atoms with van der Waals surface area (Å²) in [5.74, 6) is 0.178. The molecule has 0 spiro atoms. The van der Waals surface area contributed by atoms with Crippen molar-refractivity contribution in [2.45, 2.75) is 388 Å². The average Bonchev–Trinajstić information content (AvgIpc) is 1.79. The molecule has 0 saturated carbocycles. The van der Waals surface area contributed by atoms with Crippen LogP contribution in [0.3, 0.4) is 0 Å². The van der Waals surface area contributed by atoms with Crippen LogP contribution in [-0.4, -0.2) is 96.7 Å². The van der Waals surface area contributed by atoms with Crippen molar-refractivity contribution in [1.29, 1.82) is 0 Å². The van der Waals surface area contributed by atoms with Gasteiger partial charge in [-0.1, -0.05) is 318 Å². The van der Waals surface area contributed by atoms with Gasteiger partial charge < -0.3 is 33.8 Å². The third-order valence-electron chi connectivity index (χ3n) is 17.2. The number of esters is 4. The Bertz CT molecular complexity index is 1800. The van der Waals surface area contributed by atoms with Gasteiger partial charge in [0.2, 0.25) is 0 Å². The Morgan fingerprint density at radius 3 is 0.826 bits per heavy atom. The van der Waals surface area contributed by atoms with Crippen molar-refractivity contribution in [1.82, 2.24) is 0 Å². The molecule has 0 bridgehead atoms. The Morgan fingerprint density at radius 2 is 0.554 bits per heavy atom. The van der Waals surface area contributed by atoms with Crippen LogP contribution in [0.2, 0.25) is 0 Å². The van der Waals surface area contributed by atoms with Gasteiger partial charge in [0.1, 0.15) is 19.3 Å². The molecular formula is C73H142O17P2. The van der Waals surface area contributed by atoms with Gasteiger partial charge in [-0.2, -0.15) is 0 Å². The molecule has 0 aliphatic rings. The third-order valence-corrected chi connectivity index (χ3v) is 19.1. The molecule has 0 aliphatic carbocycles. The van der Waals surface area contributed by atoms with Gasteiger partial charge in [-0.3, -0.25) is 37.3 Å². The number of phosphoric acid groups is 2. The summed E-state index contributed by atoms with van der Waals surface area (Å²) >= 11 is 0. The van der Waals surface area contributed by atoms with E-state index in [1.54, 1.807) is 0 Å². The number of phosphoric ester groups is 2. The molecular weight excluding hydrogens is 1210 g/mol. The minimum absolute atomic E-state index is 0.106. The van der Waals surface area contributed by atoms with Crippen molar-refractivity contribution in [2.24, 2.45) is 17.8 Å². The molecule has 0 aromatic heterocycles. The third kappa shape index (κ3) is 65.4. The molecule has 0 aromatic carbocycles. The summed E-state index contributed by atoms with van der Waals surface area (Å²) in [5.41, 5.74) is 0. The van der Waals surface area contributed by atoms with Crippen molar-refractivity contribution in [2.75, 3.05) is 39.6 Å². The highest BCUT2D eigenvalue weighted by Gasteiger charge is 2.30. The lowest BCUT2D eigenvalue weighted by Crippen LogP contribution is -2.30. The first kappa shape index (κ1) is 90.1. The zero-order chi connectivity index (χ0) is 68.0. The van der Waals surface area contributed by atoms with Gasteiger partial charge in [0.15, 0.2) is 12.2 Å². The predicted molar refractivity (Wildman–Crippen MR) is 372 cm³/mol. The van der Waals surface area contributed by atoms with E-state index < -0.39 is 97.5 Å². The summed E-state index contributed by atoms with van der Waals surface area (Å²) in [5, 5.41) is 10.6. The smallest absolute Gasteiger partial charge is 0.462 e. The van der Waals surface area contributed by atoms with Crippen molar-refractivity contribution < 1.29 is 80.2 Å². The molecule has 0 heterocycles. The van der Waals surface area contributed by atoms with Crippen LogP contribution in [0.4, 0.5) is 0 Å². The lowest BCUT2D eigenvalue weighted by molar-refractivity contribution is -0.161. The van der Waals surface area contributed by atoms with E-state index in [4.69, 9.17) is 37.0 Å². The van der Waals surface area contributed by atoms with E-state index in [0.717, 1.165) is 114 Å². The van der Waals surface area contributed by atoms with E-state index >= 15 is 0 Å². The number of aliphatic hydroxyl groups excluding tert-OH is 1. The summed E-state index contributed by atoms with van der Waals surface area (Å²) in [7, 11) is -9.91. The van der Waals surface area contributed by atoms with Crippen LogP contribution < -0.4 is 0 Å². The summed E-state index contributed by atoms with van der Waals surface area (Å²) < 4.78 is 68.4. The zero-order valence-electron chi connectivity index (χ0n) is 60.0. The maximum absolute atomic E-state index is 13.1. The summed E-state index contributed by atoms with van der Waals surface area (Å²) in [6, 6.07) is 0. The van der Waals surface area contributed by atoms with Gasteiger partial charge in [-0.05, 0) is 43.4 Å². The van der Waals surface area contributed by atoms with Gasteiger partial charge >= 0.3 is 39.5 Å². The zero-order valence-corrected chi connectivity index (χ0v) is 61.8. The fraction of sp³-hybridized carbons (Fsp3) is 0.945. The van der Waals surface area contributed by atoms with Crippen molar-refractivity contribution in [3.63, 3.8) is 0 Å². The van der Waals surface area contributed by atoms with E-state index in [1.165, 1.54) is 173 Å². The predicted octanol–water partition coefficient (Wildman–Crippen LogP) is 21.0. The normalized spacial score (nSPS) is 14.4. The lowest BCUT2D eigenvalue weighted by atomic mass is 10.00. The monoisotopic (exact) mass is 1350 g/mol. The second-order valence-electron chi connectivity index (χ2n) is 27.5. The van der Waals surface area contributed by atoms with E-state index in [1.807, 2.05) is 0 Å². The van der Waals surface area contributed by atoms with E-state index in [-0.39, 0.29) is 25.7 Å². The number of carbonyl (C=O) groups is 4. The molecule has 0 aromatic rings. The largest absolute Gasteiger partial charge is 0.472 e. The number of unbranched alkanes of at least 4 members (excludes halogenated alkanes) is 38. The first-order valence-corrected chi connectivity index (χ1v) is 40.9. The number of hydrogen-bond acceptors (Lipinski definition) is 15. The van der Waals surface area contributed by atoms with Gasteiger partial charge in [-0.25, -0.2) is 9.13 Å². The summed E-state index contributed by atoms with van der Waals surface area (Å²) in [4.78, 5) is 72.7. The Labute approximate surface area is 562 Å². The van der Waals surface area contributed by atoms with E-state index in [2.05, 4.69) is 48.5 Å². The molecule has 0 aliphatic heterocycles. The molecule has 3 N–H and O–H groups in total. The molecule has 92 heavy (non-hydrogen) atoms. The maximum atomic E-state index is 13.1. The highest BCUT2D eigenvalue weighted by Crippen LogP contribution is 2.45. The molecule has 6 atom stereocenters. The number of carbonyl (C=O) groups excluding carboxylic acids is 4. The fourth-order valence-corrected chi connectivity index (χ4v) is 12.6. The average molecular weight is 1350 g/mol. The SMILES string of the molecule is CCCCCCCCCCCCCC(=O)O[C@H](COC(=O)CCCCCCCCC(C)CC)COP(=O)(O)OC[C@H](O)COP(=O)(O)OC[C@@H](COC(=O)CCCCCCCCCCCCCCC(C)C)OC(=O)CCCCCCCCCCCCCCCC(C)C. The highest BCUT2D eigenvalue weighted by atomic mass is 31.2. The number of hydrogen-bond donors (Lipinski definition) is 3. The maximum Gasteiger partial charge on any atom is 0.472 e. The molecule has 3 unspecified atom stereocenters. The van der Waals surface area contributed by atoms with Gasteiger partial charge in [0, 0.05) is 25.7 Å². The van der Waals surface area contributed by atoms with E-state index in [9.17, 15) is 43.2 Å². The standard InChI is InChI=1S/C73H142O17P2/c1-8-10-11-12-13-14-20-28-33-42-49-56-72(77)90-69(61-84-71(76)55-48-41-36-35-39-46-53-66(7)9-2)63-88-92(81,82)86-59-67(74)58-85-91(79,80)87-62-68(60-83-70(75)54-47-40-32-27-23-19-18-22-26-31-38-45-52-65(5)6)89-73(78)57-50-43-34-29-24-17-15-16-21-25-30-37-44-51-64(3)4/h64-69,74H,8-63H2,1-7H3,(H,79,80)(H,81,82)/t66?,67-,68-,69-/m1/s1. The Morgan fingerprint density at radius 1 is 0.315 bits per heavy atom. The summed E-state index contributed by atoms with van der Waals surface area (Å²) in [6.07, 6.45) is 48.5. The van der Waals surface area contributed by atoms with Crippen LogP contribution in [-0.2, 0) is 65.4 Å². The molecule has 17 nitrogen and oxygen atoms in total. The Hall–Kier alpha value is -1.94. The van der Waals surface area contributed by atoms with Crippen LogP contribution in [0.25, 0.3) is 0 Å². The van der Waals surface area contributed by atoms with Crippen LogP contribution in [0.15, 0.2) is 0 Å². The molecule has 0 fully saturated rings. The number of rotatable bonds is 71. The molecule has 0 amide bonds. The molecule has 0 rings (SSSR count).